The van der Waals surface area contributed by atoms with E-state index >= 15 is 0 Å². The Morgan fingerprint density at radius 3 is 2.47 bits per heavy atom. The van der Waals surface area contributed by atoms with E-state index in [4.69, 9.17) is 16.3 Å². The fourth-order valence-electron chi connectivity index (χ4n) is 3.66. The highest BCUT2D eigenvalue weighted by atomic mass is 35.5. The standard InChI is InChI=1S/C23H30ClN3O4S/c1-17(18-6-8-19(31-3)9-7-18)26(2)15-12-23(28)25-22-16-20(10-11-21(22)24)32(29,30)27-13-4-5-14-27/h6-11,16-17H,4-5,12-15H2,1-3H3,(H,25,28). The normalized spacial score (nSPS) is 15.7. The molecule has 1 N–H and O–H groups in total. The van der Waals surface area contributed by atoms with E-state index in [1.54, 1.807) is 7.11 Å². The molecule has 9 heteroatoms. The van der Waals surface area contributed by atoms with E-state index in [-0.39, 0.29) is 23.3 Å². The van der Waals surface area contributed by atoms with Gasteiger partial charge < -0.3 is 10.1 Å². The monoisotopic (exact) mass is 479 g/mol. The molecule has 1 unspecified atom stereocenters. The highest BCUT2D eigenvalue weighted by Crippen LogP contribution is 2.29. The van der Waals surface area contributed by atoms with Gasteiger partial charge in [-0.3, -0.25) is 9.69 Å². The smallest absolute Gasteiger partial charge is 0.243 e. The summed E-state index contributed by atoms with van der Waals surface area (Å²) in [4.78, 5) is 14.8. The molecule has 1 saturated heterocycles. The van der Waals surface area contributed by atoms with Gasteiger partial charge in [-0.25, -0.2) is 8.42 Å². The van der Waals surface area contributed by atoms with Crippen LogP contribution >= 0.6 is 11.6 Å². The van der Waals surface area contributed by atoms with Crippen molar-refractivity contribution in [1.29, 1.82) is 0 Å². The average Bonchev–Trinajstić information content (AvgIpc) is 3.34. The van der Waals surface area contributed by atoms with Crippen molar-refractivity contribution >= 4 is 33.2 Å². The Bertz CT molecular complexity index is 1040. The number of ether oxygens (including phenoxy) is 1. The van der Waals surface area contributed by atoms with Gasteiger partial charge in [0.1, 0.15) is 5.75 Å². The fourth-order valence-corrected chi connectivity index (χ4v) is 5.37. The number of methoxy groups -OCH3 is 1. The molecule has 2 aromatic carbocycles. The summed E-state index contributed by atoms with van der Waals surface area (Å²) in [6.45, 7) is 3.64. The van der Waals surface area contributed by atoms with Gasteiger partial charge in [0.05, 0.1) is 22.7 Å². The van der Waals surface area contributed by atoms with E-state index in [9.17, 15) is 13.2 Å². The summed E-state index contributed by atoms with van der Waals surface area (Å²) in [5, 5.41) is 3.07. The van der Waals surface area contributed by atoms with Crippen molar-refractivity contribution in [3.63, 3.8) is 0 Å². The van der Waals surface area contributed by atoms with Crippen molar-refractivity contribution in [1.82, 2.24) is 9.21 Å². The van der Waals surface area contributed by atoms with Crippen LogP contribution in [0.2, 0.25) is 5.02 Å². The first-order chi connectivity index (χ1) is 15.2. The predicted octanol–water partition coefficient (Wildman–Crippen LogP) is 4.15. The number of amides is 1. The number of benzene rings is 2. The molecule has 0 aromatic heterocycles. The molecule has 3 rings (SSSR count). The number of halogens is 1. The second-order valence-corrected chi connectivity index (χ2v) is 10.3. The Hall–Kier alpha value is -2.13. The molecule has 1 fully saturated rings. The Labute approximate surface area is 195 Å². The van der Waals surface area contributed by atoms with Crippen LogP contribution in [0.1, 0.15) is 37.8 Å². The van der Waals surface area contributed by atoms with Crippen LogP contribution < -0.4 is 10.1 Å². The van der Waals surface area contributed by atoms with Gasteiger partial charge in [-0.1, -0.05) is 23.7 Å². The van der Waals surface area contributed by atoms with Crippen molar-refractivity contribution in [2.24, 2.45) is 0 Å². The highest BCUT2D eigenvalue weighted by Gasteiger charge is 2.27. The van der Waals surface area contributed by atoms with Gasteiger partial charge in [-0.2, -0.15) is 4.31 Å². The second-order valence-electron chi connectivity index (χ2n) is 7.98. The van der Waals surface area contributed by atoms with Crippen LogP contribution in [0.5, 0.6) is 5.75 Å². The summed E-state index contributed by atoms with van der Waals surface area (Å²) >= 11 is 6.22. The molecule has 1 atom stereocenters. The molecule has 32 heavy (non-hydrogen) atoms. The van der Waals surface area contributed by atoms with Crippen LogP contribution in [0.3, 0.4) is 0 Å². The number of sulfonamides is 1. The summed E-state index contributed by atoms with van der Waals surface area (Å²) in [5.74, 6) is 0.574. The van der Waals surface area contributed by atoms with E-state index in [2.05, 4.69) is 17.1 Å². The lowest BCUT2D eigenvalue weighted by Gasteiger charge is -2.25. The van der Waals surface area contributed by atoms with Gasteiger partial charge >= 0.3 is 0 Å². The molecule has 174 valence electrons. The van der Waals surface area contributed by atoms with Crippen molar-refractivity contribution < 1.29 is 17.9 Å². The largest absolute Gasteiger partial charge is 0.497 e. The quantitative estimate of drug-likeness (QED) is 0.584. The number of nitrogens with one attached hydrogen (secondary N) is 1. The van der Waals surface area contributed by atoms with Gasteiger partial charge in [-0.05, 0) is 62.7 Å². The Morgan fingerprint density at radius 2 is 1.84 bits per heavy atom. The maximum absolute atomic E-state index is 12.8. The predicted molar refractivity (Wildman–Crippen MR) is 127 cm³/mol. The lowest BCUT2D eigenvalue weighted by Crippen LogP contribution is -2.28. The van der Waals surface area contributed by atoms with Crippen molar-refractivity contribution in [2.45, 2.75) is 37.1 Å². The third-order valence-corrected chi connectivity index (χ3v) is 8.09. The molecule has 1 aliphatic rings. The molecule has 0 bridgehead atoms. The third-order valence-electron chi connectivity index (χ3n) is 5.87. The number of hydrogen-bond donors (Lipinski definition) is 1. The number of hydrogen-bond acceptors (Lipinski definition) is 5. The van der Waals surface area contributed by atoms with Crippen LogP contribution in [0.15, 0.2) is 47.4 Å². The molecule has 7 nitrogen and oxygen atoms in total. The van der Waals surface area contributed by atoms with Crippen LogP contribution in [-0.4, -0.2) is 57.3 Å². The zero-order chi connectivity index (χ0) is 23.3. The molecule has 2 aromatic rings. The van der Waals surface area contributed by atoms with Crippen molar-refractivity contribution in [3.05, 3.63) is 53.1 Å². The lowest BCUT2D eigenvalue weighted by molar-refractivity contribution is -0.116. The minimum atomic E-state index is -3.58. The highest BCUT2D eigenvalue weighted by molar-refractivity contribution is 7.89. The zero-order valence-electron chi connectivity index (χ0n) is 18.7. The van der Waals surface area contributed by atoms with Gasteiger partial charge in [0, 0.05) is 32.1 Å². The topological polar surface area (TPSA) is 79.0 Å². The molecule has 0 radical (unpaired) electrons. The van der Waals surface area contributed by atoms with Gasteiger partial charge in [0.25, 0.3) is 0 Å². The van der Waals surface area contributed by atoms with Crippen molar-refractivity contribution in [3.8, 4) is 5.75 Å². The lowest BCUT2D eigenvalue weighted by atomic mass is 10.1. The molecule has 1 heterocycles. The van der Waals surface area contributed by atoms with Crippen molar-refractivity contribution in [2.75, 3.05) is 39.1 Å². The SMILES string of the molecule is COc1ccc(C(C)N(C)CCC(=O)Nc2cc(S(=O)(=O)N3CCCC3)ccc2Cl)cc1. The van der Waals surface area contributed by atoms with Crippen LogP contribution in [0, 0.1) is 0 Å². The minimum absolute atomic E-state index is 0.117. The molecule has 0 saturated carbocycles. The van der Waals surface area contributed by atoms with E-state index in [0.29, 0.717) is 30.3 Å². The summed E-state index contributed by atoms with van der Waals surface area (Å²) in [7, 11) is 0.00843. The number of carbonyl (C=O) groups is 1. The summed E-state index contributed by atoms with van der Waals surface area (Å²) in [6, 6.07) is 12.4. The molecular weight excluding hydrogens is 450 g/mol. The average molecular weight is 480 g/mol. The second kappa shape index (κ2) is 10.7. The maximum atomic E-state index is 12.8. The molecule has 0 spiro atoms. The van der Waals surface area contributed by atoms with E-state index in [1.165, 1.54) is 22.5 Å². The zero-order valence-corrected chi connectivity index (χ0v) is 20.2. The minimum Gasteiger partial charge on any atom is -0.497 e. The van der Waals surface area contributed by atoms with E-state index in [1.807, 2.05) is 31.3 Å². The summed E-state index contributed by atoms with van der Waals surface area (Å²) < 4.78 is 32.3. The molecule has 0 aliphatic carbocycles. The summed E-state index contributed by atoms with van der Waals surface area (Å²) in [6.07, 6.45) is 1.97. The molecule has 1 amide bonds. The Balaban J connectivity index is 1.60. The molecule has 1 aliphatic heterocycles. The van der Waals surface area contributed by atoms with Crippen LogP contribution in [-0.2, 0) is 14.8 Å². The Kier molecular flexibility index (Phi) is 8.16. The van der Waals surface area contributed by atoms with E-state index in [0.717, 1.165) is 24.2 Å². The Morgan fingerprint density at radius 1 is 1.19 bits per heavy atom. The molecular formula is C23H30ClN3O4S. The number of nitrogens with zero attached hydrogens (tertiary/aromatic N) is 2. The van der Waals surface area contributed by atoms with Crippen LogP contribution in [0.4, 0.5) is 5.69 Å². The summed E-state index contributed by atoms with van der Waals surface area (Å²) in [5.41, 5.74) is 1.43. The number of carbonyl (C=O) groups excluding carboxylic acids is 1. The van der Waals surface area contributed by atoms with Gasteiger partial charge in [0.15, 0.2) is 0 Å². The first kappa shape index (κ1) is 24.5. The number of rotatable bonds is 9. The van der Waals surface area contributed by atoms with E-state index < -0.39 is 10.0 Å². The maximum Gasteiger partial charge on any atom is 0.243 e. The fraction of sp³-hybridized carbons (Fsp3) is 0.435. The first-order valence-electron chi connectivity index (χ1n) is 10.7. The third kappa shape index (κ3) is 5.81. The van der Waals surface area contributed by atoms with Gasteiger partial charge in [0.2, 0.25) is 15.9 Å². The number of anilines is 1. The first-order valence-corrected chi connectivity index (χ1v) is 12.5. The van der Waals surface area contributed by atoms with Crippen LogP contribution in [0.25, 0.3) is 0 Å². The van der Waals surface area contributed by atoms with Gasteiger partial charge in [-0.15, -0.1) is 0 Å².